The summed E-state index contributed by atoms with van der Waals surface area (Å²) in [4.78, 5) is 53.6. The van der Waals surface area contributed by atoms with Crippen LogP contribution in [0.4, 0.5) is 5.95 Å². The number of aromatic amines is 2. The van der Waals surface area contributed by atoms with Crippen molar-refractivity contribution in [1.82, 2.24) is 39.0 Å². The van der Waals surface area contributed by atoms with E-state index in [9.17, 15) is 39.0 Å². The van der Waals surface area contributed by atoms with E-state index in [1.807, 2.05) is 0 Å². The molecule has 5 heterocycles. The minimum absolute atomic E-state index is 0.00929. The van der Waals surface area contributed by atoms with Gasteiger partial charge in [-0.25, -0.2) is 19.5 Å². The summed E-state index contributed by atoms with van der Waals surface area (Å²) in [5.41, 5.74) is 5.54. The van der Waals surface area contributed by atoms with Crippen molar-refractivity contribution in [3.05, 3.63) is 34.0 Å². The third-order valence-corrected chi connectivity index (χ3v) is 9.32. The molecule has 242 valence electrons. The van der Waals surface area contributed by atoms with Crippen molar-refractivity contribution in [2.24, 2.45) is 5.92 Å². The molecular formula is C21H26N9O12P2S+. The number of anilines is 1. The lowest BCUT2D eigenvalue weighted by molar-refractivity contribution is -0.0560. The Balaban J connectivity index is 1.23. The van der Waals surface area contributed by atoms with E-state index in [4.69, 9.17) is 36.3 Å². The highest BCUT2D eigenvalue weighted by molar-refractivity contribution is 7.71. The zero-order valence-corrected chi connectivity index (χ0v) is 25.2. The van der Waals surface area contributed by atoms with Crippen LogP contribution >= 0.6 is 28.3 Å². The Kier molecular flexibility index (Phi) is 8.67. The first kappa shape index (κ1) is 31.9. The Labute approximate surface area is 256 Å². The number of aliphatic hydroxyl groups excluding tert-OH is 3. The molecule has 1 saturated carbocycles. The van der Waals surface area contributed by atoms with E-state index < -0.39 is 83.6 Å². The highest BCUT2D eigenvalue weighted by Gasteiger charge is 2.52. The topological polar surface area (TPSA) is 308 Å². The number of nitrogen functional groups attached to an aromatic ring is 1. The largest absolute Gasteiger partial charge is 0.695 e. The molecule has 6 rings (SSSR count). The fourth-order valence-electron chi connectivity index (χ4n) is 5.59. The van der Waals surface area contributed by atoms with Gasteiger partial charge in [0.15, 0.2) is 28.1 Å². The Morgan fingerprint density at radius 3 is 2.64 bits per heavy atom. The number of fused-ring (bicyclic) bond motifs is 2. The van der Waals surface area contributed by atoms with Gasteiger partial charge in [-0.15, -0.1) is 9.42 Å². The molecule has 4 aromatic rings. The number of ether oxygens (including phenoxy) is 1. The van der Waals surface area contributed by atoms with Gasteiger partial charge in [-0.05, 0) is 6.42 Å². The van der Waals surface area contributed by atoms with Crippen molar-refractivity contribution in [3.8, 4) is 0 Å². The highest BCUT2D eigenvalue weighted by atomic mass is 32.1. The Morgan fingerprint density at radius 2 is 1.91 bits per heavy atom. The van der Waals surface area contributed by atoms with Crippen LogP contribution in [0.1, 0.15) is 18.7 Å². The molecule has 1 saturated heterocycles. The lowest BCUT2D eigenvalue weighted by Crippen LogP contribution is -2.35. The first-order valence-corrected chi connectivity index (χ1v) is 16.2. The lowest BCUT2D eigenvalue weighted by Gasteiger charge is -2.26. The summed E-state index contributed by atoms with van der Waals surface area (Å²) in [7, 11) is -8.34. The molecule has 0 aromatic carbocycles. The zero-order chi connectivity index (χ0) is 32.2. The van der Waals surface area contributed by atoms with Gasteiger partial charge in [-0.1, -0.05) is 12.2 Å². The third-order valence-electron chi connectivity index (χ3n) is 7.62. The lowest BCUT2D eigenvalue weighted by atomic mass is 10.1. The van der Waals surface area contributed by atoms with Crippen LogP contribution in [0.2, 0.25) is 0 Å². The molecule has 4 aromatic heterocycles. The molecule has 2 fully saturated rings. The van der Waals surface area contributed by atoms with Gasteiger partial charge in [0.2, 0.25) is 5.95 Å². The molecule has 45 heavy (non-hydrogen) atoms. The van der Waals surface area contributed by atoms with Crippen LogP contribution < -0.4 is 11.3 Å². The molecule has 0 bridgehead atoms. The van der Waals surface area contributed by atoms with Gasteiger partial charge in [0.1, 0.15) is 29.5 Å². The van der Waals surface area contributed by atoms with Crippen molar-refractivity contribution in [3.63, 3.8) is 0 Å². The first-order chi connectivity index (χ1) is 21.4. The van der Waals surface area contributed by atoms with Gasteiger partial charge in [-0.2, -0.15) is 4.98 Å². The van der Waals surface area contributed by atoms with Gasteiger partial charge in [-0.3, -0.25) is 23.4 Å². The van der Waals surface area contributed by atoms with Crippen LogP contribution in [0, 0.1) is 10.6 Å². The SMILES string of the molecule is Nc1nc2c(ncn2C2CC(CO)C(O)C2OP(=O)(O)OCC2OC(n3cnc4c(=S)nc[nH]c43)C(O)C2O[P+](=O)O)c(=O)[nH]1. The van der Waals surface area contributed by atoms with Crippen molar-refractivity contribution in [2.45, 2.75) is 49.2 Å². The van der Waals surface area contributed by atoms with Crippen molar-refractivity contribution in [2.75, 3.05) is 18.9 Å². The van der Waals surface area contributed by atoms with E-state index in [1.54, 1.807) is 0 Å². The highest BCUT2D eigenvalue weighted by Crippen LogP contribution is 2.51. The summed E-state index contributed by atoms with van der Waals surface area (Å²) in [5, 5.41) is 31.7. The van der Waals surface area contributed by atoms with Crippen LogP contribution in [0.25, 0.3) is 22.3 Å². The van der Waals surface area contributed by atoms with Crippen LogP contribution in [0.3, 0.4) is 0 Å². The maximum atomic E-state index is 13.2. The quantitative estimate of drug-likeness (QED) is 0.0724. The molecule has 2 aliphatic rings. The maximum Gasteiger partial charge on any atom is 0.695 e. The first-order valence-electron chi connectivity index (χ1n) is 13.1. The van der Waals surface area contributed by atoms with E-state index >= 15 is 0 Å². The number of nitrogens with two attached hydrogens (primary N) is 1. The summed E-state index contributed by atoms with van der Waals surface area (Å²) < 4.78 is 48.9. The second-order valence-corrected chi connectivity index (χ2v) is 12.7. The number of hydrogen-bond donors (Lipinski definition) is 8. The smallest absolute Gasteiger partial charge is 0.396 e. The average molecular weight is 691 g/mol. The fourth-order valence-corrected chi connectivity index (χ4v) is 7.23. The van der Waals surface area contributed by atoms with Gasteiger partial charge in [0, 0.05) is 17.1 Å². The summed E-state index contributed by atoms with van der Waals surface area (Å²) in [6, 6.07) is -0.960. The number of hydrogen-bond acceptors (Lipinski definition) is 16. The van der Waals surface area contributed by atoms with Crippen LogP contribution in [-0.2, 0) is 27.4 Å². The Morgan fingerprint density at radius 1 is 1.18 bits per heavy atom. The van der Waals surface area contributed by atoms with E-state index in [-0.39, 0.29) is 33.7 Å². The van der Waals surface area contributed by atoms with Crippen LogP contribution in [-0.4, -0.2) is 108 Å². The number of aromatic nitrogens is 8. The molecule has 0 radical (unpaired) electrons. The van der Waals surface area contributed by atoms with Crippen LogP contribution in [0.5, 0.6) is 0 Å². The second kappa shape index (κ2) is 12.2. The third kappa shape index (κ3) is 5.96. The number of aliphatic hydroxyl groups is 3. The van der Waals surface area contributed by atoms with E-state index in [1.165, 1.54) is 28.1 Å². The number of nitrogens with zero attached hydrogens (tertiary/aromatic N) is 6. The van der Waals surface area contributed by atoms with E-state index in [2.05, 4.69) is 29.9 Å². The molecule has 10 atom stereocenters. The second-order valence-electron chi connectivity index (χ2n) is 10.3. The summed E-state index contributed by atoms with van der Waals surface area (Å²) in [6.45, 7) is -1.30. The number of phosphoric ester groups is 1. The molecule has 1 aliphatic carbocycles. The molecule has 24 heteroatoms. The Bertz CT molecular complexity index is 1920. The molecule has 10 unspecified atom stereocenters. The predicted molar refractivity (Wildman–Crippen MR) is 151 cm³/mol. The van der Waals surface area contributed by atoms with Gasteiger partial charge in [0.25, 0.3) is 5.56 Å². The van der Waals surface area contributed by atoms with Crippen molar-refractivity contribution >= 4 is 56.6 Å². The summed E-state index contributed by atoms with van der Waals surface area (Å²) in [5.74, 6) is -1.03. The summed E-state index contributed by atoms with van der Waals surface area (Å²) >= 11 is 5.15. The minimum Gasteiger partial charge on any atom is -0.396 e. The predicted octanol–water partition coefficient (Wildman–Crippen LogP) is -1.09. The number of imidazole rings is 2. The average Bonchev–Trinajstić information content (AvgIpc) is 3.73. The van der Waals surface area contributed by atoms with Crippen LogP contribution in [0.15, 0.2) is 23.8 Å². The number of rotatable bonds is 10. The minimum atomic E-state index is -5.08. The molecule has 21 nitrogen and oxygen atoms in total. The number of H-pyrrole nitrogens is 2. The standard InChI is InChI=1S/C21H25N9O12P2S/c22-21-27-17-10(18(34)28-21)25-5-29(17)8-1-7(2-31)12(32)14(8)42-44(37,38)39-3-9-15(41-43(35)36)13(33)20(40-9)30-6-26-11-16(30)23-4-24-19(11)45/h4-9,12-15,20,31-33H,1-3H2,(H5-,22,23,24,27,28,34,35,36,37,38,45)/p+1. The van der Waals surface area contributed by atoms with Gasteiger partial charge >= 0.3 is 16.1 Å². The fraction of sp³-hybridized carbons (Fsp3) is 0.524. The van der Waals surface area contributed by atoms with E-state index in [0.29, 0.717) is 5.65 Å². The van der Waals surface area contributed by atoms with Gasteiger partial charge < -0.3 is 40.2 Å². The Hall–Kier alpha value is -3.11. The number of nitrogens with one attached hydrogen (secondary N) is 2. The van der Waals surface area contributed by atoms with E-state index in [0.717, 1.165) is 0 Å². The maximum absolute atomic E-state index is 13.2. The molecule has 0 spiro atoms. The normalized spacial score (nSPS) is 30.3. The monoisotopic (exact) mass is 690 g/mol. The van der Waals surface area contributed by atoms with Crippen molar-refractivity contribution in [1.29, 1.82) is 0 Å². The molecular weight excluding hydrogens is 664 g/mol. The van der Waals surface area contributed by atoms with Crippen molar-refractivity contribution < 1.29 is 52.5 Å². The molecule has 9 N–H and O–H groups in total. The molecule has 0 amide bonds. The van der Waals surface area contributed by atoms with Gasteiger partial charge in [0.05, 0.1) is 37.7 Å². The summed E-state index contributed by atoms with van der Waals surface area (Å²) in [6.07, 6.45) is -4.93. The molecule has 1 aliphatic heterocycles. The zero-order valence-electron chi connectivity index (χ0n) is 22.6. The number of phosphoric acid groups is 1.